The number of rotatable bonds is 1. The number of hydrogen-bond acceptors (Lipinski definition) is 2. The van der Waals surface area contributed by atoms with Gasteiger partial charge in [0.1, 0.15) is 5.69 Å². The van der Waals surface area contributed by atoms with Crippen molar-refractivity contribution in [2.24, 2.45) is 0 Å². The average Bonchev–Trinajstić information content (AvgIpc) is 2.69. The van der Waals surface area contributed by atoms with Crippen molar-refractivity contribution in [1.82, 2.24) is 4.98 Å². The molecule has 0 spiro atoms. The summed E-state index contributed by atoms with van der Waals surface area (Å²) in [5.41, 5.74) is 2.81. The number of carbonyl (C=O) groups is 1. The molecule has 1 aromatic heterocycles. The van der Waals surface area contributed by atoms with Gasteiger partial charge in [-0.2, -0.15) is 0 Å². The molecule has 0 aliphatic carbocycles. The molecular formula is C14H17NO2. The minimum atomic E-state index is -0.335. The van der Waals surface area contributed by atoms with Gasteiger partial charge in [-0.1, -0.05) is 32.9 Å². The van der Waals surface area contributed by atoms with Gasteiger partial charge in [0.15, 0.2) is 0 Å². The zero-order valence-electron chi connectivity index (χ0n) is 10.6. The molecule has 3 heteroatoms. The molecule has 0 aliphatic rings. The zero-order chi connectivity index (χ0) is 12.6. The second kappa shape index (κ2) is 3.91. The van der Waals surface area contributed by atoms with Crippen LogP contribution in [0.2, 0.25) is 0 Å². The van der Waals surface area contributed by atoms with E-state index >= 15 is 0 Å². The van der Waals surface area contributed by atoms with Crippen LogP contribution in [0.25, 0.3) is 10.9 Å². The number of aromatic nitrogens is 1. The van der Waals surface area contributed by atoms with E-state index in [0.717, 1.165) is 10.9 Å². The van der Waals surface area contributed by atoms with Crippen molar-refractivity contribution < 1.29 is 9.53 Å². The molecule has 2 rings (SSSR count). The molecule has 0 bridgehead atoms. The lowest BCUT2D eigenvalue weighted by Gasteiger charge is -2.18. The summed E-state index contributed by atoms with van der Waals surface area (Å²) in [6.45, 7) is 6.50. The molecule has 0 fully saturated rings. The maximum absolute atomic E-state index is 11.4. The Morgan fingerprint density at radius 1 is 1.24 bits per heavy atom. The van der Waals surface area contributed by atoms with Crippen LogP contribution in [0.3, 0.4) is 0 Å². The van der Waals surface area contributed by atoms with Gasteiger partial charge < -0.3 is 9.72 Å². The van der Waals surface area contributed by atoms with Gasteiger partial charge in [0.25, 0.3) is 0 Å². The van der Waals surface area contributed by atoms with Crippen LogP contribution in [0.15, 0.2) is 24.3 Å². The van der Waals surface area contributed by atoms with E-state index in [9.17, 15) is 4.79 Å². The summed E-state index contributed by atoms with van der Waals surface area (Å²) in [7, 11) is 1.38. The molecule has 0 saturated heterocycles. The molecule has 0 aliphatic heterocycles. The quantitative estimate of drug-likeness (QED) is 0.765. The normalized spacial score (nSPS) is 11.8. The lowest BCUT2D eigenvalue weighted by Crippen LogP contribution is -2.10. The molecule has 0 saturated carbocycles. The van der Waals surface area contributed by atoms with Gasteiger partial charge in [0.05, 0.1) is 7.11 Å². The first-order chi connectivity index (χ1) is 7.91. The fraction of sp³-hybridized carbons (Fsp3) is 0.357. The summed E-state index contributed by atoms with van der Waals surface area (Å²) in [5, 5.41) is 1.03. The van der Waals surface area contributed by atoms with Crippen molar-refractivity contribution >= 4 is 16.9 Å². The Morgan fingerprint density at radius 3 is 2.53 bits per heavy atom. The number of aromatic amines is 1. The number of benzene rings is 1. The number of esters is 1. The Morgan fingerprint density at radius 2 is 1.94 bits per heavy atom. The lowest BCUT2D eigenvalue weighted by molar-refractivity contribution is 0.0595. The molecule has 2 aromatic rings. The van der Waals surface area contributed by atoms with Crippen molar-refractivity contribution in [1.29, 1.82) is 0 Å². The minimum absolute atomic E-state index is 0.102. The highest BCUT2D eigenvalue weighted by molar-refractivity contribution is 5.94. The number of H-pyrrole nitrogens is 1. The van der Waals surface area contributed by atoms with Gasteiger partial charge in [-0.05, 0) is 23.1 Å². The standard InChI is InChI=1S/C14H17NO2/c1-14(2,3)10-6-5-9-7-12(13(16)17-4)15-11(9)8-10/h5-8,15H,1-4H3. The first-order valence-electron chi connectivity index (χ1n) is 5.63. The Bertz CT molecular complexity index is 561. The van der Waals surface area contributed by atoms with E-state index in [4.69, 9.17) is 4.74 Å². The Hall–Kier alpha value is -1.77. The van der Waals surface area contributed by atoms with E-state index in [-0.39, 0.29) is 11.4 Å². The summed E-state index contributed by atoms with van der Waals surface area (Å²) in [5.74, 6) is -0.335. The largest absolute Gasteiger partial charge is 0.464 e. The fourth-order valence-corrected chi connectivity index (χ4v) is 1.81. The van der Waals surface area contributed by atoms with Gasteiger partial charge in [0, 0.05) is 10.9 Å². The molecule has 1 heterocycles. The second-order valence-corrected chi connectivity index (χ2v) is 5.23. The van der Waals surface area contributed by atoms with Crippen LogP contribution in [0, 0.1) is 0 Å². The molecule has 0 atom stereocenters. The average molecular weight is 231 g/mol. The van der Waals surface area contributed by atoms with Crippen LogP contribution < -0.4 is 0 Å². The molecule has 17 heavy (non-hydrogen) atoms. The maximum Gasteiger partial charge on any atom is 0.354 e. The Balaban J connectivity index is 2.52. The van der Waals surface area contributed by atoms with E-state index in [2.05, 4.69) is 37.9 Å². The Labute approximate surface area is 101 Å². The molecule has 0 amide bonds. The highest BCUT2D eigenvalue weighted by Gasteiger charge is 2.15. The number of carbonyl (C=O) groups excluding carboxylic acids is 1. The van der Waals surface area contributed by atoms with Crippen LogP contribution in [-0.2, 0) is 10.2 Å². The molecule has 0 unspecified atom stereocenters. The third-order valence-corrected chi connectivity index (χ3v) is 2.89. The van der Waals surface area contributed by atoms with Gasteiger partial charge >= 0.3 is 5.97 Å². The van der Waals surface area contributed by atoms with Crippen LogP contribution in [0.1, 0.15) is 36.8 Å². The zero-order valence-corrected chi connectivity index (χ0v) is 10.6. The van der Waals surface area contributed by atoms with Gasteiger partial charge in [-0.25, -0.2) is 4.79 Å². The number of ether oxygens (including phenoxy) is 1. The summed E-state index contributed by atoms with van der Waals surface area (Å²) >= 11 is 0. The number of nitrogens with one attached hydrogen (secondary N) is 1. The van der Waals surface area contributed by atoms with Gasteiger partial charge in [-0.15, -0.1) is 0 Å². The highest BCUT2D eigenvalue weighted by atomic mass is 16.5. The van der Waals surface area contributed by atoms with Crippen molar-refractivity contribution in [3.63, 3.8) is 0 Å². The first-order valence-corrected chi connectivity index (χ1v) is 5.63. The summed E-state index contributed by atoms with van der Waals surface area (Å²) in [6.07, 6.45) is 0. The summed E-state index contributed by atoms with van der Waals surface area (Å²) in [6, 6.07) is 8.02. The van der Waals surface area contributed by atoms with Crippen molar-refractivity contribution in [3.05, 3.63) is 35.5 Å². The molecule has 90 valence electrons. The van der Waals surface area contributed by atoms with E-state index in [1.807, 2.05) is 12.1 Å². The van der Waals surface area contributed by atoms with Gasteiger partial charge in [0.2, 0.25) is 0 Å². The molecule has 1 N–H and O–H groups in total. The van der Waals surface area contributed by atoms with Crippen LogP contribution in [-0.4, -0.2) is 18.1 Å². The summed E-state index contributed by atoms with van der Waals surface area (Å²) in [4.78, 5) is 14.5. The van der Waals surface area contributed by atoms with Crippen LogP contribution >= 0.6 is 0 Å². The monoisotopic (exact) mass is 231 g/mol. The van der Waals surface area contributed by atoms with E-state index in [1.165, 1.54) is 12.7 Å². The fourth-order valence-electron chi connectivity index (χ4n) is 1.81. The third-order valence-electron chi connectivity index (χ3n) is 2.89. The molecular weight excluding hydrogens is 214 g/mol. The van der Waals surface area contributed by atoms with Crippen molar-refractivity contribution in [2.75, 3.05) is 7.11 Å². The minimum Gasteiger partial charge on any atom is -0.464 e. The molecule has 0 radical (unpaired) electrons. The predicted molar refractivity (Wildman–Crippen MR) is 68.3 cm³/mol. The van der Waals surface area contributed by atoms with E-state index in [1.54, 1.807) is 0 Å². The van der Waals surface area contributed by atoms with Crippen molar-refractivity contribution in [2.45, 2.75) is 26.2 Å². The van der Waals surface area contributed by atoms with Crippen LogP contribution in [0.5, 0.6) is 0 Å². The van der Waals surface area contributed by atoms with Crippen molar-refractivity contribution in [3.8, 4) is 0 Å². The van der Waals surface area contributed by atoms with Crippen LogP contribution in [0.4, 0.5) is 0 Å². The maximum atomic E-state index is 11.4. The van der Waals surface area contributed by atoms with Gasteiger partial charge in [-0.3, -0.25) is 0 Å². The number of methoxy groups -OCH3 is 1. The SMILES string of the molecule is COC(=O)c1cc2ccc(C(C)(C)C)cc2[nH]1. The van der Waals surface area contributed by atoms with E-state index < -0.39 is 0 Å². The predicted octanol–water partition coefficient (Wildman–Crippen LogP) is 3.25. The topological polar surface area (TPSA) is 42.1 Å². The number of fused-ring (bicyclic) bond motifs is 1. The van der Waals surface area contributed by atoms with E-state index in [0.29, 0.717) is 5.69 Å². The second-order valence-electron chi connectivity index (χ2n) is 5.23. The lowest BCUT2D eigenvalue weighted by atomic mass is 9.87. The third kappa shape index (κ3) is 2.18. The first kappa shape index (κ1) is 11.7. The molecule has 1 aromatic carbocycles. The highest BCUT2D eigenvalue weighted by Crippen LogP contribution is 2.26. The summed E-state index contributed by atoms with van der Waals surface area (Å²) < 4.78 is 4.69. The molecule has 3 nitrogen and oxygen atoms in total. The smallest absolute Gasteiger partial charge is 0.354 e. The Kier molecular flexibility index (Phi) is 2.69. The number of hydrogen-bond donors (Lipinski definition) is 1.